The van der Waals surface area contributed by atoms with E-state index in [2.05, 4.69) is 0 Å². The van der Waals surface area contributed by atoms with Crippen LogP contribution in [0.5, 0.6) is 0 Å². The lowest BCUT2D eigenvalue weighted by atomic mass is 9.93. The Bertz CT molecular complexity index is 307. The van der Waals surface area contributed by atoms with E-state index in [1.54, 1.807) is 6.92 Å². The molecule has 0 saturated carbocycles. The molecule has 0 aliphatic carbocycles. The Morgan fingerprint density at radius 1 is 1.57 bits per heavy atom. The van der Waals surface area contributed by atoms with Gasteiger partial charge in [0, 0.05) is 0 Å². The van der Waals surface area contributed by atoms with Crippen molar-refractivity contribution in [1.29, 1.82) is 0 Å². The molecule has 1 rings (SSSR count). The van der Waals surface area contributed by atoms with Crippen molar-refractivity contribution in [3.63, 3.8) is 0 Å². The average Bonchev–Trinajstić information content (AvgIpc) is 2.01. The number of carboxylic acids is 1. The summed E-state index contributed by atoms with van der Waals surface area (Å²) in [5, 5.41) is 8.69. The van der Waals surface area contributed by atoms with Crippen LogP contribution in [0.1, 0.15) is 26.2 Å². The first-order chi connectivity index (χ1) is 6.41. The van der Waals surface area contributed by atoms with Crippen molar-refractivity contribution < 1.29 is 18.3 Å². The Balaban J connectivity index is 2.50. The van der Waals surface area contributed by atoms with Gasteiger partial charge in [-0.1, -0.05) is 6.92 Å². The van der Waals surface area contributed by atoms with Crippen LogP contribution >= 0.6 is 0 Å². The molecule has 1 fully saturated rings. The number of aliphatic carboxylic acids is 1. The van der Waals surface area contributed by atoms with Gasteiger partial charge in [-0.05, 0) is 25.2 Å². The maximum atomic E-state index is 11.3. The van der Waals surface area contributed by atoms with Crippen LogP contribution < -0.4 is 0 Å². The molecule has 1 aliphatic heterocycles. The number of hydrogen-bond donors (Lipinski definition) is 1. The standard InChI is InChI=1S/C9H16O4S/c1-7(9(10)11)5-8-3-2-4-14(12,13)6-8/h7-8H,2-6H2,1H3,(H,10,11). The Morgan fingerprint density at radius 2 is 2.21 bits per heavy atom. The number of hydrogen-bond acceptors (Lipinski definition) is 3. The fraction of sp³-hybridized carbons (Fsp3) is 0.889. The molecule has 1 aliphatic rings. The molecule has 5 heteroatoms. The van der Waals surface area contributed by atoms with Crippen LogP contribution in [0.15, 0.2) is 0 Å². The van der Waals surface area contributed by atoms with Gasteiger partial charge in [0.15, 0.2) is 9.84 Å². The molecule has 0 spiro atoms. The SMILES string of the molecule is CC(CC1CCCS(=O)(=O)C1)C(=O)O. The van der Waals surface area contributed by atoms with Gasteiger partial charge in [0.1, 0.15) is 0 Å². The van der Waals surface area contributed by atoms with Crippen molar-refractivity contribution in [1.82, 2.24) is 0 Å². The van der Waals surface area contributed by atoms with Crippen LogP contribution in [-0.2, 0) is 14.6 Å². The van der Waals surface area contributed by atoms with Gasteiger partial charge in [-0.15, -0.1) is 0 Å². The quantitative estimate of drug-likeness (QED) is 0.767. The summed E-state index contributed by atoms with van der Waals surface area (Å²) in [4.78, 5) is 10.6. The third-order valence-electron chi connectivity index (χ3n) is 2.67. The van der Waals surface area contributed by atoms with Gasteiger partial charge in [0.25, 0.3) is 0 Å². The van der Waals surface area contributed by atoms with Crippen molar-refractivity contribution in [3.05, 3.63) is 0 Å². The second kappa shape index (κ2) is 4.29. The minimum atomic E-state index is -2.90. The predicted octanol–water partition coefficient (Wildman–Crippen LogP) is 0.922. The lowest BCUT2D eigenvalue weighted by Crippen LogP contribution is -2.27. The summed E-state index contributed by atoms with van der Waals surface area (Å²) < 4.78 is 22.5. The van der Waals surface area contributed by atoms with E-state index in [0.29, 0.717) is 12.8 Å². The van der Waals surface area contributed by atoms with E-state index in [4.69, 9.17) is 5.11 Å². The zero-order valence-electron chi connectivity index (χ0n) is 8.27. The molecule has 0 aromatic heterocycles. The number of sulfone groups is 1. The highest BCUT2D eigenvalue weighted by Crippen LogP contribution is 2.24. The first-order valence-corrected chi connectivity index (χ1v) is 6.66. The highest BCUT2D eigenvalue weighted by Gasteiger charge is 2.27. The van der Waals surface area contributed by atoms with E-state index in [1.807, 2.05) is 0 Å². The molecule has 0 amide bonds. The Kier molecular flexibility index (Phi) is 3.53. The van der Waals surface area contributed by atoms with E-state index >= 15 is 0 Å². The largest absolute Gasteiger partial charge is 0.481 e. The third kappa shape index (κ3) is 3.29. The van der Waals surface area contributed by atoms with Crippen LogP contribution in [0.3, 0.4) is 0 Å². The zero-order chi connectivity index (χ0) is 10.8. The molecule has 82 valence electrons. The number of rotatable bonds is 3. The molecule has 1 saturated heterocycles. The third-order valence-corrected chi connectivity index (χ3v) is 4.56. The first kappa shape index (κ1) is 11.5. The van der Waals surface area contributed by atoms with Gasteiger partial charge < -0.3 is 5.11 Å². The number of carbonyl (C=O) groups is 1. The van der Waals surface area contributed by atoms with Crippen molar-refractivity contribution >= 4 is 15.8 Å². The summed E-state index contributed by atoms with van der Waals surface area (Å²) in [6, 6.07) is 0. The van der Waals surface area contributed by atoms with Gasteiger partial charge in [-0.2, -0.15) is 0 Å². The van der Waals surface area contributed by atoms with E-state index in [1.165, 1.54) is 0 Å². The molecule has 0 radical (unpaired) electrons. The van der Waals surface area contributed by atoms with E-state index < -0.39 is 21.7 Å². The first-order valence-electron chi connectivity index (χ1n) is 4.84. The zero-order valence-corrected chi connectivity index (χ0v) is 9.09. The Labute approximate surface area is 84.2 Å². The van der Waals surface area contributed by atoms with Crippen LogP contribution in [0.2, 0.25) is 0 Å². The molecule has 1 heterocycles. The topological polar surface area (TPSA) is 71.4 Å². The lowest BCUT2D eigenvalue weighted by molar-refractivity contribution is -0.141. The predicted molar refractivity (Wildman–Crippen MR) is 52.8 cm³/mol. The summed E-state index contributed by atoms with van der Waals surface area (Å²) in [5.41, 5.74) is 0. The average molecular weight is 220 g/mol. The van der Waals surface area contributed by atoms with Crippen LogP contribution in [0.25, 0.3) is 0 Å². The summed E-state index contributed by atoms with van der Waals surface area (Å²) in [5.74, 6) is -0.795. The van der Waals surface area contributed by atoms with E-state index in [9.17, 15) is 13.2 Å². The van der Waals surface area contributed by atoms with Crippen molar-refractivity contribution in [2.75, 3.05) is 11.5 Å². The highest BCUT2D eigenvalue weighted by molar-refractivity contribution is 7.91. The summed E-state index contributed by atoms with van der Waals surface area (Å²) >= 11 is 0. The fourth-order valence-corrected chi connectivity index (χ4v) is 3.70. The molecule has 2 atom stereocenters. The Hall–Kier alpha value is -0.580. The van der Waals surface area contributed by atoms with Gasteiger partial charge in [0.05, 0.1) is 17.4 Å². The summed E-state index contributed by atoms with van der Waals surface area (Å²) in [6.45, 7) is 1.63. The van der Waals surface area contributed by atoms with E-state index in [0.717, 1.165) is 6.42 Å². The minimum absolute atomic E-state index is 0.0415. The molecular formula is C9H16O4S. The highest BCUT2D eigenvalue weighted by atomic mass is 32.2. The molecule has 0 bridgehead atoms. The fourth-order valence-electron chi connectivity index (χ4n) is 1.90. The molecule has 0 aromatic carbocycles. The van der Waals surface area contributed by atoms with Gasteiger partial charge in [-0.25, -0.2) is 8.42 Å². The maximum Gasteiger partial charge on any atom is 0.306 e. The monoisotopic (exact) mass is 220 g/mol. The normalized spacial score (nSPS) is 28.2. The smallest absolute Gasteiger partial charge is 0.306 e. The second-order valence-corrected chi connectivity index (χ2v) is 6.33. The molecule has 14 heavy (non-hydrogen) atoms. The van der Waals surface area contributed by atoms with Crippen molar-refractivity contribution in [2.24, 2.45) is 11.8 Å². The molecule has 4 nitrogen and oxygen atoms in total. The van der Waals surface area contributed by atoms with Crippen LogP contribution in [-0.4, -0.2) is 31.0 Å². The second-order valence-electron chi connectivity index (χ2n) is 4.10. The van der Waals surface area contributed by atoms with Gasteiger partial charge in [-0.3, -0.25) is 4.79 Å². The summed E-state index contributed by atoms with van der Waals surface area (Å²) in [7, 11) is -2.90. The molecule has 2 unspecified atom stereocenters. The molecule has 1 N–H and O–H groups in total. The van der Waals surface area contributed by atoms with E-state index in [-0.39, 0.29) is 17.4 Å². The molecular weight excluding hydrogens is 204 g/mol. The summed E-state index contributed by atoms with van der Waals surface area (Å²) in [6.07, 6.45) is 2.00. The Morgan fingerprint density at radius 3 is 2.71 bits per heavy atom. The van der Waals surface area contributed by atoms with Crippen molar-refractivity contribution in [3.8, 4) is 0 Å². The number of carboxylic acid groups (broad SMARTS) is 1. The van der Waals surface area contributed by atoms with Crippen LogP contribution in [0.4, 0.5) is 0 Å². The molecule has 0 aromatic rings. The minimum Gasteiger partial charge on any atom is -0.481 e. The van der Waals surface area contributed by atoms with Gasteiger partial charge in [0.2, 0.25) is 0 Å². The van der Waals surface area contributed by atoms with Crippen molar-refractivity contribution in [2.45, 2.75) is 26.2 Å². The van der Waals surface area contributed by atoms with Crippen LogP contribution in [0, 0.1) is 11.8 Å². The van der Waals surface area contributed by atoms with Gasteiger partial charge >= 0.3 is 5.97 Å². The lowest BCUT2D eigenvalue weighted by Gasteiger charge is -2.23. The maximum absolute atomic E-state index is 11.3.